The molecule has 0 spiro atoms. The molecule has 0 radical (unpaired) electrons. The first-order valence-electron chi connectivity index (χ1n) is 12.4. The number of hydrogen-bond acceptors (Lipinski definition) is 8. The Kier molecular flexibility index (Phi) is 7.19. The molecular weight excluding hydrogens is 563 g/mol. The van der Waals surface area contributed by atoms with Crippen LogP contribution < -0.4 is 16.0 Å². The number of hydrogen-bond donors (Lipinski definition) is 3. The smallest absolute Gasteiger partial charge is 0.287 e. The first-order chi connectivity index (χ1) is 19.4. The van der Waals surface area contributed by atoms with Gasteiger partial charge >= 0.3 is 0 Å². The standard InChI is InChI=1S/C26H22ClFN6O5S/c27-17-6-5-13(28)9-16(17)20-22-23(32-25(36)21-15-3-1-2-4-18(15)40-33-21)31-24(34(22)11-19(35)30-20)26(37)29-10-14-12-38-7-8-39-14/h1-6,9,14,20H,7-8,10-12H2,(H,29,37)(H,30,35)(H,32,36)/t14?,20-/m0/s1. The maximum atomic E-state index is 14.3. The third-order valence-electron chi connectivity index (χ3n) is 6.56. The third-order valence-corrected chi connectivity index (χ3v) is 7.73. The van der Waals surface area contributed by atoms with Gasteiger partial charge in [-0.05, 0) is 35.8 Å². The number of nitrogens with zero attached hydrogens (tertiary/aromatic N) is 3. The summed E-state index contributed by atoms with van der Waals surface area (Å²) in [6, 6.07) is 10.0. The van der Waals surface area contributed by atoms with Gasteiger partial charge in [0.15, 0.2) is 5.82 Å². The van der Waals surface area contributed by atoms with E-state index in [4.69, 9.17) is 21.1 Å². The number of nitrogens with one attached hydrogen (secondary N) is 3. The van der Waals surface area contributed by atoms with Gasteiger partial charge in [0.2, 0.25) is 11.7 Å². The van der Waals surface area contributed by atoms with Gasteiger partial charge in [0.05, 0.1) is 42.4 Å². The van der Waals surface area contributed by atoms with Crippen LogP contribution in [0.2, 0.25) is 5.02 Å². The van der Waals surface area contributed by atoms with Crippen molar-refractivity contribution >= 4 is 56.8 Å². The van der Waals surface area contributed by atoms with Gasteiger partial charge in [-0.3, -0.25) is 14.4 Å². The average molecular weight is 585 g/mol. The van der Waals surface area contributed by atoms with Gasteiger partial charge in [-0.15, -0.1) is 0 Å². The number of amides is 3. The number of carbonyl (C=O) groups excluding carboxylic acids is 3. The predicted octanol–water partition coefficient (Wildman–Crippen LogP) is 2.90. The molecule has 2 aliphatic rings. The van der Waals surface area contributed by atoms with Crippen molar-refractivity contribution in [1.82, 2.24) is 24.6 Å². The lowest BCUT2D eigenvalue weighted by atomic mass is 10.0. The topological polar surface area (TPSA) is 136 Å². The molecule has 4 heterocycles. The van der Waals surface area contributed by atoms with E-state index in [-0.39, 0.29) is 52.8 Å². The summed E-state index contributed by atoms with van der Waals surface area (Å²) in [5.74, 6) is -2.27. The molecule has 4 aromatic rings. The minimum atomic E-state index is -1.00. The fourth-order valence-corrected chi connectivity index (χ4v) is 5.72. The van der Waals surface area contributed by atoms with Crippen LogP contribution in [0.4, 0.5) is 10.2 Å². The van der Waals surface area contributed by atoms with Crippen molar-refractivity contribution in [3.8, 4) is 0 Å². The highest BCUT2D eigenvalue weighted by atomic mass is 35.5. The van der Waals surface area contributed by atoms with Crippen molar-refractivity contribution in [2.75, 3.05) is 31.7 Å². The molecule has 6 rings (SSSR count). The number of halogens is 2. The minimum Gasteiger partial charge on any atom is -0.376 e. The van der Waals surface area contributed by atoms with Gasteiger partial charge < -0.3 is 30.0 Å². The molecule has 1 unspecified atom stereocenters. The molecule has 3 amide bonds. The van der Waals surface area contributed by atoms with Crippen molar-refractivity contribution in [3.63, 3.8) is 0 Å². The highest BCUT2D eigenvalue weighted by Gasteiger charge is 2.36. The van der Waals surface area contributed by atoms with Crippen molar-refractivity contribution in [3.05, 3.63) is 76.1 Å². The number of aromatic nitrogens is 3. The summed E-state index contributed by atoms with van der Waals surface area (Å²) < 4.78 is 31.7. The predicted molar refractivity (Wildman–Crippen MR) is 144 cm³/mol. The van der Waals surface area contributed by atoms with Crippen molar-refractivity contribution in [2.45, 2.75) is 18.7 Å². The van der Waals surface area contributed by atoms with E-state index in [9.17, 15) is 18.8 Å². The van der Waals surface area contributed by atoms with Crippen LogP contribution >= 0.6 is 23.1 Å². The maximum Gasteiger partial charge on any atom is 0.287 e. The summed E-state index contributed by atoms with van der Waals surface area (Å²) >= 11 is 7.58. The van der Waals surface area contributed by atoms with Gasteiger partial charge in [0.25, 0.3) is 11.8 Å². The van der Waals surface area contributed by atoms with E-state index in [1.807, 2.05) is 12.1 Å². The highest BCUT2D eigenvalue weighted by Crippen LogP contribution is 2.36. The minimum absolute atomic E-state index is 0.00908. The van der Waals surface area contributed by atoms with E-state index in [2.05, 4.69) is 25.3 Å². The molecule has 2 aromatic carbocycles. The van der Waals surface area contributed by atoms with E-state index in [1.165, 1.54) is 34.3 Å². The molecule has 2 aliphatic heterocycles. The van der Waals surface area contributed by atoms with E-state index in [1.54, 1.807) is 12.1 Å². The van der Waals surface area contributed by atoms with Crippen LogP contribution in [-0.2, 0) is 20.8 Å². The van der Waals surface area contributed by atoms with Crippen LogP contribution in [-0.4, -0.2) is 64.1 Å². The second-order valence-electron chi connectivity index (χ2n) is 9.18. The van der Waals surface area contributed by atoms with Gasteiger partial charge in [-0.2, -0.15) is 4.37 Å². The lowest BCUT2D eigenvalue weighted by Crippen LogP contribution is -2.43. The van der Waals surface area contributed by atoms with Gasteiger partial charge in [0.1, 0.15) is 18.1 Å². The van der Waals surface area contributed by atoms with Crippen LogP contribution in [0.15, 0.2) is 42.5 Å². The molecule has 11 nitrogen and oxygen atoms in total. The molecule has 0 aliphatic carbocycles. The zero-order valence-electron chi connectivity index (χ0n) is 20.8. The van der Waals surface area contributed by atoms with Gasteiger partial charge in [0, 0.05) is 22.5 Å². The molecule has 14 heteroatoms. The Morgan fingerprint density at radius 2 is 2.05 bits per heavy atom. The lowest BCUT2D eigenvalue weighted by Gasteiger charge is -2.28. The zero-order chi connectivity index (χ0) is 27.8. The highest BCUT2D eigenvalue weighted by molar-refractivity contribution is 7.13. The Morgan fingerprint density at radius 1 is 1.20 bits per heavy atom. The summed E-state index contributed by atoms with van der Waals surface area (Å²) in [6.45, 7) is 1.11. The van der Waals surface area contributed by atoms with Gasteiger partial charge in [-0.25, -0.2) is 9.37 Å². The number of anilines is 1. The Morgan fingerprint density at radius 3 is 2.88 bits per heavy atom. The Labute approximate surface area is 235 Å². The van der Waals surface area contributed by atoms with Crippen LogP contribution in [0.1, 0.15) is 38.4 Å². The number of rotatable bonds is 6. The quantitative estimate of drug-likeness (QED) is 0.317. The molecule has 1 saturated heterocycles. The molecule has 206 valence electrons. The molecule has 2 atom stereocenters. The molecule has 0 bridgehead atoms. The monoisotopic (exact) mass is 584 g/mol. The largest absolute Gasteiger partial charge is 0.376 e. The molecule has 2 aromatic heterocycles. The third kappa shape index (κ3) is 5.04. The summed E-state index contributed by atoms with van der Waals surface area (Å²) in [5.41, 5.74) is 0.690. The molecule has 1 fully saturated rings. The SMILES string of the molecule is O=C1Cn2c(C(=O)NCC3COCCO3)nc(NC(=O)c3nsc4ccccc34)c2[C@H](c2cc(F)ccc2Cl)N1. The van der Waals surface area contributed by atoms with E-state index < -0.39 is 29.6 Å². The molecule has 40 heavy (non-hydrogen) atoms. The summed E-state index contributed by atoms with van der Waals surface area (Å²) in [7, 11) is 0. The molecule has 0 saturated carbocycles. The van der Waals surface area contributed by atoms with Crippen LogP contribution in [0.5, 0.6) is 0 Å². The first-order valence-corrected chi connectivity index (χ1v) is 13.5. The van der Waals surface area contributed by atoms with E-state index >= 15 is 0 Å². The second-order valence-corrected chi connectivity index (χ2v) is 10.4. The Bertz CT molecular complexity index is 1640. The fourth-order valence-electron chi connectivity index (χ4n) is 4.72. The van der Waals surface area contributed by atoms with E-state index in [0.29, 0.717) is 25.2 Å². The first kappa shape index (κ1) is 26.3. The molecular formula is C26H22ClFN6O5S. The van der Waals surface area contributed by atoms with Crippen LogP contribution in [0.25, 0.3) is 10.1 Å². The summed E-state index contributed by atoms with van der Waals surface area (Å²) in [5, 5.41) is 9.14. The number of imidazole rings is 1. The van der Waals surface area contributed by atoms with Crippen molar-refractivity contribution in [2.24, 2.45) is 0 Å². The van der Waals surface area contributed by atoms with Gasteiger partial charge in [-0.1, -0.05) is 29.8 Å². The average Bonchev–Trinajstić information content (AvgIpc) is 3.55. The summed E-state index contributed by atoms with van der Waals surface area (Å²) in [6.07, 6.45) is -0.340. The number of carbonyl (C=O) groups is 3. The number of fused-ring (bicyclic) bond motifs is 2. The Hall–Kier alpha value is -3.91. The zero-order valence-corrected chi connectivity index (χ0v) is 22.4. The lowest BCUT2D eigenvalue weighted by molar-refractivity contribution is -0.123. The van der Waals surface area contributed by atoms with Crippen molar-refractivity contribution in [1.29, 1.82) is 0 Å². The van der Waals surface area contributed by atoms with Crippen molar-refractivity contribution < 1.29 is 28.2 Å². The fraction of sp³-hybridized carbons (Fsp3) is 0.269. The molecule has 3 N–H and O–H groups in total. The number of benzene rings is 2. The maximum absolute atomic E-state index is 14.3. The van der Waals surface area contributed by atoms with Crippen LogP contribution in [0, 0.1) is 5.82 Å². The summed E-state index contributed by atoms with van der Waals surface area (Å²) in [4.78, 5) is 43.9. The second kappa shape index (κ2) is 10.9. The Balaban J connectivity index is 1.40. The number of ether oxygens (including phenoxy) is 2. The normalized spacial score (nSPS) is 18.7. The van der Waals surface area contributed by atoms with Crippen LogP contribution in [0.3, 0.4) is 0 Å². The van der Waals surface area contributed by atoms with E-state index in [0.717, 1.165) is 4.70 Å².